The molecule has 2 aliphatic carbocycles. The number of aromatic nitrogens is 3. The molecule has 0 radical (unpaired) electrons. The lowest BCUT2D eigenvalue weighted by Crippen LogP contribution is -2.58. The van der Waals surface area contributed by atoms with Gasteiger partial charge in [-0.1, -0.05) is 11.6 Å². The summed E-state index contributed by atoms with van der Waals surface area (Å²) in [4.78, 5) is 17.0. The van der Waals surface area contributed by atoms with Gasteiger partial charge in [0, 0.05) is 55.1 Å². The fourth-order valence-corrected chi connectivity index (χ4v) is 7.46. The van der Waals surface area contributed by atoms with Gasteiger partial charge in [0.1, 0.15) is 11.6 Å². The van der Waals surface area contributed by atoms with Crippen LogP contribution >= 0.6 is 11.6 Å². The van der Waals surface area contributed by atoms with E-state index in [0.717, 1.165) is 79.5 Å². The Morgan fingerprint density at radius 1 is 1.18 bits per heavy atom. The van der Waals surface area contributed by atoms with Crippen LogP contribution in [0.3, 0.4) is 0 Å². The van der Waals surface area contributed by atoms with E-state index in [-0.39, 0.29) is 12.1 Å². The Labute approximate surface area is 201 Å². The van der Waals surface area contributed by atoms with E-state index in [1.165, 1.54) is 12.8 Å². The molecule has 4 aliphatic rings. The minimum atomic E-state index is -1.01. The van der Waals surface area contributed by atoms with Gasteiger partial charge < -0.3 is 15.3 Å². The van der Waals surface area contributed by atoms with E-state index >= 15 is 0 Å². The first-order valence-corrected chi connectivity index (χ1v) is 13.7. The van der Waals surface area contributed by atoms with Gasteiger partial charge in [-0.2, -0.15) is 0 Å². The molecule has 0 unspecified atom stereocenters. The Hall–Kier alpha value is -1.77. The largest absolute Gasteiger partial charge is 0.394 e. The van der Waals surface area contributed by atoms with Crippen LogP contribution in [-0.2, 0) is 17.2 Å². The summed E-state index contributed by atoms with van der Waals surface area (Å²) >= 11 is 5.94. The number of hydrogen-bond acceptors (Lipinski definition) is 7. The van der Waals surface area contributed by atoms with E-state index in [2.05, 4.69) is 26.3 Å². The van der Waals surface area contributed by atoms with E-state index in [1.807, 2.05) is 0 Å². The van der Waals surface area contributed by atoms with E-state index in [9.17, 15) is 9.32 Å². The highest BCUT2D eigenvalue weighted by molar-refractivity contribution is 7.85. The van der Waals surface area contributed by atoms with Crippen LogP contribution in [-0.4, -0.2) is 55.3 Å². The van der Waals surface area contributed by atoms with Gasteiger partial charge in [0.25, 0.3) is 0 Å². The Morgan fingerprint density at radius 3 is 2.55 bits per heavy atom. The van der Waals surface area contributed by atoms with Crippen molar-refractivity contribution in [2.24, 2.45) is 5.41 Å². The summed E-state index contributed by atoms with van der Waals surface area (Å²) < 4.78 is 12.7. The van der Waals surface area contributed by atoms with Gasteiger partial charge in [-0.25, -0.2) is 15.0 Å². The van der Waals surface area contributed by atoms with Crippen LogP contribution in [0.2, 0.25) is 5.02 Å². The molecule has 2 saturated carbocycles. The first-order valence-electron chi connectivity index (χ1n) is 12.0. The highest BCUT2D eigenvalue weighted by Gasteiger charge is 2.47. The number of fused-ring (bicyclic) bond motifs is 1. The molecule has 1 atom stereocenters. The number of halogens is 1. The molecule has 7 nitrogen and oxygen atoms in total. The maximum absolute atomic E-state index is 12.7. The van der Waals surface area contributed by atoms with Crippen molar-refractivity contribution in [3.8, 4) is 0 Å². The van der Waals surface area contributed by atoms with Gasteiger partial charge in [0.2, 0.25) is 0 Å². The predicted molar refractivity (Wildman–Crippen MR) is 129 cm³/mol. The zero-order chi connectivity index (χ0) is 22.6. The van der Waals surface area contributed by atoms with Gasteiger partial charge in [-0.15, -0.1) is 0 Å². The highest BCUT2D eigenvalue weighted by Crippen LogP contribution is 2.49. The maximum atomic E-state index is 12.7. The lowest BCUT2D eigenvalue weighted by atomic mass is 9.65. The number of nitrogens with one attached hydrogen (secondary N) is 1. The third-order valence-corrected chi connectivity index (χ3v) is 9.90. The van der Waals surface area contributed by atoms with E-state index in [4.69, 9.17) is 16.6 Å². The Balaban J connectivity index is 1.16. The molecule has 1 spiro atoms. The second kappa shape index (κ2) is 8.17. The molecule has 9 heteroatoms. The van der Waals surface area contributed by atoms with Crippen LogP contribution in [0, 0.1) is 5.41 Å². The monoisotopic (exact) mass is 487 g/mol. The van der Waals surface area contributed by atoms with Crippen molar-refractivity contribution in [1.82, 2.24) is 15.0 Å². The smallest absolute Gasteiger partial charge is 0.131 e. The topological polar surface area (TPSA) is 91.2 Å². The summed E-state index contributed by atoms with van der Waals surface area (Å²) in [7, 11) is -1.01. The second-order valence-electron chi connectivity index (χ2n) is 10.4. The van der Waals surface area contributed by atoms with E-state index in [0.29, 0.717) is 22.1 Å². The Morgan fingerprint density at radius 2 is 1.91 bits per heavy atom. The predicted octanol–water partition coefficient (Wildman–Crippen LogP) is 3.68. The van der Waals surface area contributed by atoms with Gasteiger partial charge >= 0.3 is 0 Å². The van der Waals surface area contributed by atoms with Crippen molar-refractivity contribution in [1.29, 1.82) is 0 Å². The number of anilines is 2. The Bertz CT molecular complexity index is 1070. The summed E-state index contributed by atoms with van der Waals surface area (Å²) in [6, 6.07) is 2.08. The first-order chi connectivity index (χ1) is 16.0. The normalized spacial score (nSPS) is 25.4. The van der Waals surface area contributed by atoms with Crippen molar-refractivity contribution in [3.63, 3.8) is 0 Å². The average molecular weight is 488 g/mol. The summed E-state index contributed by atoms with van der Waals surface area (Å²) in [5, 5.41) is 14.1. The summed E-state index contributed by atoms with van der Waals surface area (Å²) in [5.74, 6) is 2.97. The lowest BCUT2D eigenvalue weighted by Gasteiger charge is -2.54. The van der Waals surface area contributed by atoms with E-state index in [1.54, 1.807) is 12.4 Å². The molecule has 3 fully saturated rings. The second-order valence-corrected chi connectivity index (χ2v) is 12.4. The first kappa shape index (κ1) is 21.7. The number of aliphatic hydroxyl groups excluding tert-OH is 1. The molecule has 6 rings (SSSR count). The van der Waals surface area contributed by atoms with Gasteiger partial charge in [0.15, 0.2) is 0 Å². The molecule has 0 amide bonds. The minimum Gasteiger partial charge on any atom is -0.394 e. The van der Waals surface area contributed by atoms with Crippen LogP contribution in [0.25, 0.3) is 0 Å². The van der Waals surface area contributed by atoms with Crippen LogP contribution in [0.4, 0.5) is 11.5 Å². The third kappa shape index (κ3) is 3.84. The van der Waals surface area contributed by atoms with E-state index < -0.39 is 10.8 Å². The van der Waals surface area contributed by atoms with Gasteiger partial charge in [0.05, 0.1) is 44.2 Å². The van der Waals surface area contributed by atoms with Crippen LogP contribution < -0.4 is 10.2 Å². The quantitative estimate of drug-likeness (QED) is 0.664. The average Bonchev–Trinajstić information content (AvgIpc) is 3.16. The fraction of sp³-hybridized carbons (Fsp3) is 0.625. The minimum absolute atomic E-state index is 0.109. The van der Waals surface area contributed by atoms with Crippen molar-refractivity contribution in [2.45, 2.75) is 67.7 Å². The Kier molecular flexibility index (Phi) is 5.38. The summed E-state index contributed by atoms with van der Waals surface area (Å²) in [6.45, 7) is 2.14. The molecular formula is C24H30ClN5O2S. The summed E-state index contributed by atoms with van der Waals surface area (Å²) in [6.07, 6.45) is 11.7. The molecule has 1 saturated heterocycles. The van der Waals surface area contributed by atoms with Crippen molar-refractivity contribution >= 4 is 33.9 Å². The molecule has 2 aromatic rings. The number of aliphatic hydroxyl groups is 1. The fourth-order valence-electron chi connectivity index (χ4n) is 6.02. The molecule has 2 N–H and O–H groups in total. The third-order valence-electron chi connectivity index (χ3n) is 8.22. The van der Waals surface area contributed by atoms with Crippen LogP contribution in [0.1, 0.15) is 62.4 Å². The standard InChI is InChI=1S/C24H30ClN5O2S/c25-17-11-26-22(27-12-17)16-2-7-23(8-3-16)13-30(14-23)20-10-19(29-24(15-31)5-1-6-24)21-18(28-20)4-9-33(21)32/h10-12,16,31H,1-9,13-15H2,(H,28,29)/t33-/m1/s1. The molecule has 2 aromatic heterocycles. The molecule has 176 valence electrons. The van der Waals surface area contributed by atoms with Gasteiger partial charge in [-0.05, 0) is 44.9 Å². The van der Waals surface area contributed by atoms with Crippen LogP contribution in [0.15, 0.2) is 23.4 Å². The molecule has 2 aliphatic heterocycles. The van der Waals surface area contributed by atoms with Crippen molar-refractivity contribution in [3.05, 3.63) is 35.0 Å². The van der Waals surface area contributed by atoms with Crippen LogP contribution in [0.5, 0.6) is 0 Å². The SMILES string of the molecule is O=[S@@]1CCc2nc(N3CC4(CCC(c5ncc(Cl)cn5)CC4)C3)cc(NC3(CO)CCC3)c21. The number of hydrogen-bond donors (Lipinski definition) is 2. The highest BCUT2D eigenvalue weighted by atomic mass is 35.5. The molecule has 33 heavy (non-hydrogen) atoms. The van der Waals surface area contributed by atoms with Crippen molar-refractivity contribution < 1.29 is 9.32 Å². The van der Waals surface area contributed by atoms with Crippen molar-refractivity contribution in [2.75, 3.05) is 35.7 Å². The molecular weight excluding hydrogens is 458 g/mol. The lowest BCUT2D eigenvalue weighted by molar-refractivity contribution is 0.125. The molecule has 4 heterocycles. The zero-order valence-corrected chi connectivity index (χ0v) is 20.3. The molecule has 0 aromatic carbocycles. The maximum Gasteiger partial charge on any atom is 0.131 e. The number of nitrogens with zero attached hydrogens (tertiary/aromatic N) is 4. The van der Waals surface area contributed by atoms with Gasteiger partial charge in [-0.3, -0.25) is 4.21 Å². The summed E-state index contributed by atoms with van der Waals surface area (Å²) in [5.41, 5.74) is 1.96. The molecule has 0 bridgehead atoms. The number of pyridine rings is 1. The number of aryl methyl sites for hydroxylation is 1. The number of rotatable bonds is 5. The zero-order valence-electron chi connectivity index (χ0n) is 18.7.